The number of nitrogens with zero attached hydrogens (tertiary/aromatic N) is 1. The SMILES string of the molecule is CNCC(C)Cc1cncc(C)c1. The Morgan fingerprint density at radius 1 is 1.46 bits per heavy atom. The van der Waals surface area contributed by atoms with Gasteiger partial charge >= 0.3 is 0 Å². The topological polar surface area (TPSA) is 24.9 Å². The maximum atomic E-state index is 4.18. The van der Waals surface area contributed by atoms with Crippen molar-refractivity contribution in [2.75, 3.05) is 13.6 Å². The van der Waals surface area contributed by atoms with Gasteiger partial charge in [0.05, 0.1) is 0 Å². The number of aromatic nitrogens is 1. The van der Waals surface area contributed by atoms with Gasteiger partial charge in [0.25, 0.3) is 0 Å². The van der Waals surface area contributed by atoms with Crippen LogP contribution < -0.4 is 5.32 Å². The van der Waals surface area contributed by atoms with Crippen molar-refractivity contribution in [1.82, 2.24) is 10.3 Å². The molecule has 0 aliphatic carbocycles. The fraction of sp³-hybridized carbons (Fsp3) is 0.545. The second kappa shape index (κ2) is 4.97. The molecule has 1 atom stereocenters. The minimum atomic E-state index is 0.675. The molecule has 1 aromatic heterocycles. The van der Waals surface area contributed by atoms with Crippen molar-refractivity contribution in [1.29, 1.82) is 0 Å². The first-order chi connectivity index (χ1) is 6.22. The lowest BCUT2D eigenvalue weighted by Crippen LogP contribution is -2.18. The van der Waals surface area contributed by atoms with E-state index in [0.717, 1.165) is 13.0 Å². The van der Waals surface area contributed by atoms with Crippen molar-refractivity contribution < 1.29 is 0 Å². The maximum absolute atomic E-state index is 4.18. The third kappa shape index (κ3) is 3.55. The molecule has 0 fully saturated rings. The summed E-state index contributed by atoms with van der Waals surface area (Å²) in [7, 11) is 1.99. The summed E-state index contributed by atoms with van der Waals surface area (Å²) >= 11 is 0. The van der Waals surface area contributed by atoms with Crippen LogP contribution in [0.15, 0.2) is 18.5 Å². The van der Waals surface area contributed by atoms with Gasteiger partial charge in [-0.2, -0.15) is 0 Å². The van der Waals surface area contributed by atoms with E-state index in [0.29, 0.717) is 5.92 Å². The van der Waals surface area contributed by atoms with E-state index in [2.05, 4.69) is 30.2 Å². The predicted molar refractivity (Wildman–Crippen MR) is 55.8 cm³/mol. The average Bonchev–Trinajstić information content (AvgIpc) is 2.04. The van der Waals surface area contributed by atoms with Gasteiger partial charge in [-0.15, -0.1) is 0 Å². The molecule has 0 aliphatic rings. The minimum Gasteiger partial charge on any atom is -0.319 e. The molecule has 0 saturated carbocycles. The summed E-state index contributed by atoms with van der Waals surface area (Å²) in [6.45, 7) is 5.39. The van der Waals surface area contributed by atoms with Crippen LogP contribution in [0, 0.1) is 12.8 Å². The zero-order chi connectivity index (χ0) is 9.68. The van der Waals surface area contributed by atoms with Crippen LogP contribution in [0.5, 0.6) is 0 Å². The van der Waals surface area contributed by atoms with Gasteiger partial charge in [0, 0.05) is 12.4 Å². The highest BCUT2D eigenvalue weighted by Gasteiger charge is 2.02. The van der Waals surface area contributed by atoms with Crippen LogP contribution >= 0.6 is 0 Å². The Labute approximate surface area is 80.4 Å². The molecule has 0 saturated heterocycles. The molecule has 2 nitrogen and oxygen atoms in total. The van der Waals surface area contributed by atoms with Crippen LogP contribution in [0.4, 0.5) is 0 Å². The zero-order valence-electron chi connectivity index (χ0n) is 8.67. The molecule has 1 aromatic rings. The molecule has 0 aromatic carbocycles. The third-order valence-corrected chi connectivity index (χ3v) is 2.07. The van der Waals surface area contributed by atoms with Gasteiger partial charge in [-0.25, -0.2) is 0 Å². The Bertz CT molecular complexity index is 258. The van der Waals surface area contributed by atoms with Gasteiger partial charge in [-0.3, -0.25) is 4.98 Å². The zero-order valence-corrected chi connectivity index (χ0v) is 8.67. The van der Waals surface area contributed by atoms with Crippen LogP contribution in [-0.4, -0.2) is 18.6 Å². The molecule has 1 rings (SSSR count). The van der Waals surface area contributed by atoms with E-state index >= 15 is 0 Å². The van der Waals surface area contributed by atoms with E-state index in [-0.39, 0.29) is 0 Å². The summed E-state index contributed by atoms with van der Waals surface area (Å²) in [4.78, 5) is 4.18. The van der Waals surface area contributed by atoms with Gasteiger partial charge in [0.15, 0.2) is 0 Å². The normalized spacial score (nSPS) is 12.8. The molecule has 0 amide bonds. The highest BCUT2D eigenvalue weighted by atomic mass is 14.8. The highest BCUT2D eigenvalue weighted by molar-refractivity contribution is 5.16. The van der Waals surface area contributed by atoms with Crippen molar-refractivity contribution in [2.45, 2.75) is 20.3 Å². The molecular weight excluding hydrogens is 160 g/mol. The summed E-state index contributed by atoms with van der Waals surface area (Å²) in [6, 6.07) is 2.21. The quantitative estimate of drug-likeness (QED) is 0.760. The van der Waals surface area contributed by atoms with Crippen molar-refractivity contribution in [3.8, 4) is 0 Å². The molecular formula is C11H18N2. The maximum Gasteiger partial charge on any atom is 0.0300 e. The van der Waals surface area contributed by atoms with E-state index in [1.54, 1.807) is 0 Å². The minimum absolute atomic E-state index is 0.675. The molecule has 72 valence electrons. The molecule has 0 aliphatic heterocycles. The van der Waals surface area contributed by atoms with E-state index in [4.69, 9.17) is 0 Å². The molecule has 1 N–H and O–H groups in total. The van der Waals surface area contributed by atoms with Gasteiger partial charge in [-0.05, 0) is 44.0 Å². The highest BCUT2D eigenvalue weighted by Crippen LogP contribution is 2.07. The molecule has 1 heterocycles. The van der Waals surface area contributed by atoms with Crippen LogP contribution in [-0.2, 0) is 6.42 Å². The van der Waals surface area contributed by atoms with Crippen LogP contribution in [0.1, 0.15) is 18.1 Å². The van der Waals surface area contributed by atoms with E-state index in [1.165, 1.54) is 11.1 Å². The fourth-order valence-electron chi connectivity index (χ4n) is 1.55. The first-order valence-corrected chi connectivity index (χ1v) is 4.77. The molecule has 1 unspecified atom stereocenters. The Balaban J connectivity index is 2.53. The summed E-state index contributed by atoms with van der Waals surface area (Å²) < 4.78 is 0. The molecule has 2 heteroatoms. The van der Waals surface area contributed by atoms with Crippen LogP contribution in [0.2, 0.25) is 0 Å². The second-order valence-electron chi connectivity index (χ2n) is 3.74. The molecule has 13 heavy (non-hydrogen) atoms. The number of hydrogen-bond donors (Lipinski definition) is 1. The van der Waals surface area contributed by atoms with Crippen LogP contribution in [0.3, 0.4) is 0 Å². The first kappa shape index (κ1) is 10.2. The number of aryl methyl sites for hydroxylation is 1. The summed E-state index contributed by atoms with van der Waals surface area (Å²) in [6.07, 6.45) is 4.96. The second-order valence-corrected chi connectivity index (χ2v) is 3.74. The van der Waals surface area contributed by atoms with Crippen molar-refractivity contribution in [3.63, 3.8) is 0 Å². The van der Waals surface area contributed by atoms with E-state index in [1.807, 2.05) is 19.4 Å². The standard InChI is InChI=1S/C11H18N2/c1-9(6-12-3)4-11-5-10(2)7-13-8-11/h5,7-9,12H,4,6H2,1-3H3. The van der Waals surface area contributed by atoms with Gasteiger partial charge in [0.1, 0.15) is 0 Å². The van der Waals surface area contributed by atoms with Gasteiger partial charge in [0.2, 0.25) is 0 Å². The van der Waals surface area contributed by atoms with E-state index < -0.39 is 0 Å². The molecule has 0 spiro atoms. The average molecular weight is 178 g/mol. The van der Waals surface area contributed by atoms with Crippen molar-refractivity contribution in [2.24, 2.45) is 5.92 Å². The summed E-state index contributed by atoms with van der Waals surface area (Å²) in [5.74, 6) is 0.675. The molecule has 0 bridgehead atoms. The number of pyridine rings is 1. The Morgan fingerprint density at radius 2 is 2.23 bits per heavy atom. The number of rotatable bonds is 4. The van der Waals surface area contributed by atoms with Gasteiger partial charge in [-0.1, -0.05) is 13.0 Å². The Kier molecular flexibility index (Phi) is 3.90. The summed E-state index contributed by atoms with van der Waals surface area (Å²) in [5, 5.41) is 3.18. The van der Waals surface area contributed by atoms with Crippen molar-refractivity contribution >= 4 is 0 Å². The monoisotopic (exact) mass is 178 g/mol. The lowest BCUT2D eigenvalue weighted by atomic mass is 10.0. The van der Waals surface area contributed by atoms with Crippen LogP contribution in [0.25, 0.3) is 0 Å². The smallest absolute Gasteiger partial charge is 0.0300 e. The molecule has 0 radical (unpaired) electrons. The lowest BCUT2D eigenvalue weighted by molar-refractivity contribution is 0.541. The largest absolute Gasteiger partial charge is 0.319 e. The first-order valence-electron chi connectivity index (χ1n) is 4.77. The predicted octanol–water partition coefficient (Wildman–Crippen LogP) is 1.79. The Morgan fingerprint density at radius 3 is 2.85 bits per heavy atom. The lowest BCUT2D eigenvalue weighted by Gasteiger charge is -2.10. The number of hydrogen-bond acceptors (Lipinski definition) is 2. The number of nitrogens with one attached hydrogen (secondary N) is 1. The van der Waals surface area contributed by atoms with Gasteiger partial charge < -0.3 is 5.32 Å². The fourth-order valence-corrected chi connectivity index (χ4v) is 1.55. The summed E-state index contributed by atoms with van der Waals surface area (Å²) in [5.41, 5.74) is 2.58. The van der Waals surface area contributed by atoms with E-state index in [9.17, 15) is 0 Å². The Hall–Kier alpha value is -0.890. The van der Waals surface area contributed by atoms with Crippen molar-refractivity contribution in [3.05, 3.63) is 29.6 Å². The third-order valence-electron chi connectivity index (χ3n) is 2.07.